The molecule has 1 aliphatic heterocycles. The standard InChI is InChI=1S/C19H17NO3/c1-12-7-8-15-14(9-12)11-22-18-10-13(2)23-19(18)20(15)16-5-3-4-6-17(16)21/h3-10,21H,11H2,1-2H3. The molecule has 0 amide bonds. The Kier molecular flexibility index (Phi) is 3.05. The third-order valence-electron chi connectivity index (χ3n) is 3.99. The summed E-state index contributed by atoms with van der Waals surface area (Å²) in [5.74, 6) is 2.23. The summed E-state index contributed by atoms with van der Waals surface area (Å²) in [4.78, 5) is 1.92. The Balaban J connectivity index is 2.00. The number of hydrogen-bond donors (Lipinski definition) is 1. The van der Waals surface area contributed by atoms with Crippen molar-refractivity contribution in [2.75, 3.05) is 4.90 Å². The van der Waals surface area contributed by atoms with Gasteiger partial charge in [0.1, 0.15) is 18.1 Å². The van der Waals surface area contributed by atoms with Crippen LogP contribution in [0, 0.1) is 13.8 Å². The minimum Gasteiger partial charge on any atom is -0.506 e. The molecule has 4 heteroatoms. The van der Waals surface area contributed by atoms with Crippen LogP contribution in [0.25, 0.3) is 0 Å². The summed E-state index contributed by atoms with van der Waals surface area (Å²) in [7, 11) is 0. The Bertz CT molecular complexity index is 882. The maximum Gasteiger partial charge on any atom is 0.247 e. The van der Waals surface area contributed by atoms with Gasteiger partial charge in [-0.3, -0.25) is 4.90 Å². The van der Waals surface area contributed by atoms with E-state index in [1.54, 1.807) is 12.1 Å². The van der Waals surface area contributed by atoms with Crippen LogP contribution >= 0.6 is 0 Å². The summed E-state index contributed by atoms with van der Waals surface area (Å²) in [6, 6.07) is 15.3. The van der Waals surface area contributed by atoms with Crippen molar-refractivity contribution in [1.82, 2.24) is 0 Å². The first kappa shape index (κ1) is 13.8. The van der Waals surface area contributed by atoms with E-state index in [4.69, 9.17) is 9.15 Å². The monoisotopic (exact) mass is 307 g/mol. The molecule has 0 radical (unpaired) electrons. The first-order valence-corrected chi connectivity index (χ1v) is 7.54. The van der Waals surface area contributed by atoms with E-state index < -0.39 is 0 Å². The van der Waals surface area contributed by atoms with Gasteiger partial charge in [-0.15, -0.1) is 0 Å². The number of fused-ring (bicyclic) bond motifs is 2. The Hall–Kier alpha value is -2.88. The van der Waals surface area contributed by atoms with Crippen molar-refractivity contribution in [3.05, 3.63) is 65.4 Å². The predicted molar refractivity (Wildman–Crippen MR) is 88.9 cm³/mol. The van der Waals surface area contributed by atoms with Gasteiger partial charge >= 0.3 is 0 Å². The fraction of sp³-hybridized carbons (Fsp3) is 0.158. The van der Waals surface area contributed by atoms with E-state index in [2.05, 4.69) is 13.0 Å². The van der Waals surface area contributed by atoms with E-state index >= 15 is 0 Å². The fourth-order valence-electron chi connectivity index (χ4n) is 2.94. The quantitative estimate of drug-likeness (QED) is 0.690. The molecule has 0 unspecified atom stereocenters. The number of phenols is 1. The molecule has 1 N–H and O–H groups in total. The van der Waals surface area contributed by atoms with Gasteiger partial charge in [0.2, 0.25) is 5.88 Å². The molecule has 0 bridgehead atoms. The molecule has 2 heterocycles. The van der Waals surface area contributed by atoms with Gasteiger partial charge < -0.3 is 14.3 Å². The molecule has 4 nitrogen and oxygen atoms in total. The number of hydrogen-bond acceptors (Lipinski definition) is 4. The van der Waals surface area contributed by atoms with Gasteiger partial charge in [-0.1, -0.05) is 29.8 Å². The highest BCUT2D eigenvalue weighted by Crippen LogP contribution is 2.48. The SMILES string of the molecule is Cc1ccc2c(c1)COc1cc(C)oc1N2c1ccccc1O. The van der Waals surface area contributed by atoms with Crippen molar-refractivity contribution in [1.29, 1.82) is 0 Å². The highest BCUT2D eigenvalue weighted by atomic mass is 16.5. The minimum atomic E-state index is 0.195. The Morgan fingerprint density at radius 3 is 2.65 bits per heavy atom. The number of nitrogens with zero attached hydrogens (tertiary/aromatic N) is 1. The van der Waals surface area contributed by atoms with E-state index in [1.807, 2.05) is 42.2 Å². The summed E-state index contributed by atoms with van der Waals surface area (Å²) in [6.45, 7) is 4.40. The van der Waals surface area contributed by atoms with Crippen molar-refractivity contribution in [2.24, 2.45) is 0 Å². The lowest BCUT2D eigenvalue weighted by molar-refractivity contribution is 0.308. The fourth-order valence-corrected chi connectivity index (χ4v) is 2.94. The van der Waals surface area contributed by atoms with Crippen LogP contribution in [0.15, 0.2) is 52.9 Å². The van der Waals surface area contributed by atoms with Gasteiger partial charge in [0.15, 0.2) is 5.75 Å². The zero-order valence-corrected chi connectivity index (χ0v) is 13.0. The number of aryl methyl sites for hydroxylation is 2. The molecular weight excluding hydrogens is 290 g/mol. The van der Waals surface area contributed by atoms with Crippen LogP contribution in [0.1, 0.15) is 16.9 Å². The normalized spacial score (nSPS) is 13.0. The number of rotatable bonds is 1. The van der Waals surface area contributed by atoms with Gasteiger partial charge in [0.25, 0.3) is 0 Å². The van der Waals surface area contributed by atoms with Crippen LogP contribution in [0.4, 0.5) is 17.3 Å². The maximum atomic E-state index is 10.3. The topological polar surface area (TPSA) is 45.8 Å². The average molecular weight is 307 g/mol. The molecule has 4 rings (SSSR count). The van der Waals surface area contributed by atoms with Crippen LogP contribution in [0.3, 0.4) is 0 Å². The molecule has 1 aliphatic rings. The zero-order chi connectivity index (χ0) is 16.0. The predicted octanol–water partition coefficient (Wildman–Crippen LogP) is 4.96. The summed E-state index contributed by atoms with van der Waals surface area (Å²) in [5, 5.41) is 10.3. The lowest BCUT2D eigenvalue weighted by Crippen LogP contribution is -2.10. The van der Waals surface area contributed by atoms with E-state index in [9.17, 15) is 5.11 Å². The minimum absolute atomic E-state index is 0.195. The molecular formula is C19H17NO3. The molecule has 0 aliphatic carbocycles. The number of benzene rings is 2. The third kappa shape index (κ3) is 2.23. The average Bonchev–Trinajstić information content (AvgIpc) is 2.83. The second-order valence-corrected chi connectivity index (χ2v) is 5.77. The van der Waals surface area contributed by atoms with Crippen LogP contribution in [-0.4, -0.2) is 5.11 Å². The summed E-state index contributed by atoms with van der Waals surface area (Å²) < 4.78 is 11.8. The van der Waals surface area contributed by atoms with Crippen molar-refractivity contribution in [3.63, 3.8) is 0 Å². The number of furan rings is 1. The molecule has 0 fully saturated rings. The van der Waals surface area contributed by atoms with Gasteiger partial charge in [0.05, 0.1) is 11.4 Å². The van der Waals surface area contributed by atoms with Gasteiger partial charge in [-0.2, -0.15) is 0 Å². The van der Waals surface area contributed by atoms with Crippen molar-refractivity contribution in [3.8, 4) is 11.5 Å². The molecule has 23 heavy (non-hydrogen) atoms. The van der Waals surface area contributed by atoms with Crippen LogP contribution in [0.5, 0.6) is 11.5 Å². The lowest BCUT2D eigenvalue weighted by Gasteiger charge is -2.23. The van der Waals surface area contributed by atoms with Gasteiger partial charge in [-0.25, -0.2) is 0 Å². The highest BCUT2D eigenvalue weighted by molar-refractivity contribution is 5.82. The molecule has 0 atom stereocenters. The lowest BCUT2D eigenvalue weighted by atomic mass is 10.1. The van der Waals surface area contributed by atoms with E-state index in [-0.39, 0.29) is 5.75 Å². The number of anilines is 3. The largest absolute Gasteiger partial charge is 0.506 e. The molecule has 116 valence electrons. The molecule has 0 spiro atoms. The van der Waals surface area contributed by atoms with Gasteiger partial charge in [-0.05, 0) is 32.0 Å². The maximum absolute atomic E-state index is 10.3. The van der Waals surface area contributed by atoms with Crippen molar-refractivity contribution < 1.29 is 14.3 Å². The van der Waals surface area contributed by atoms with Crippen LogP contribution in [0.2, 0.25) is 0 Å². The van der Waals surface area contributed by atoms with Gasteiger partial charge in [0, 0.05) is 11.6 Å². The molecule has 2 aromatic carbocycles. The third-order valence-corrected chi connectivity index (χ3v) is 3.99. The highest BCUT2D eigenvalue weighted by Gasteiger charge is 2.28. The van der Waals surface area contributed by atoms with E-state index in [0.717, 1.165) is 17.0 Å². The Morgan fingerprint density at radius 2 is 1.83 bits per heavy atom. The summed E-state index contributed by atoms with van der Waals surface area (Å²) in [6.07, 6.45) is 0. The van der Waals surface area contributed by atoms with Crippen LogP contribution in [-0.2, 0) is 6.61 Å². The Labute approximate surface area is 134 Å². The molecule has 1 aromatic heterocycles. The van der Waals surface area contributed by atoms with E-state index in [0.29, 0.717) is 23.9 Å². The van der Waals surface area contributed by atoms with Crippen molar-refractivity contribution >= 4 is 17.3 Å². The first-order chi connectivity index (χ1) is 11.1. The second-order valence-electron chi connectivity index (χ2n) is 5.77. The van der Waals surface area contributed by atoms with Crippen LogP contribution < -0.4 is 9.64 Å². The zero-order valence-electron chi connectivity index (χ0n) is 13.0. The number of para-hydroxylation sites is 2. The number of aromatic hydroxyl groups is 1. The number of ether oxygens (including phenoxy) is 1. The van der Waals surface area contributed by atoms with E-state index in [1.165, 1.54) is 5.56 Å². The van der Waals surface area contributed by atoms with Crippen molar-refractivity contribution in [2.45, 2.75) is 20.5 Å². The summed E-state index contributed by atoms with van der Waals surface area (Å²) >= 11 is 0. The first-order valence-electron chi connectivity index (χ1n) is 7.54. The summed E-state index contributed by atoms with van der Waals surface area (Å²) in [5.41, 5.74) is 3.83. The molecule has 0 saturated carbocycles. The molecule has 3 aromatic rings. The molecule has 0 saturated heterocycles. The Morgan fingerprint density at radius 1 is 1.00 bits per heavy atom. The smallest absolute Gasteiger partial charge is 0.247 e. The second kappa shape index (κ2) is 5.09. The number of phenolic OH excluding ortho intramolecular Hbond substituents is 1.